The Bertz CT molecular complexity index is 451. The van der Waals surface area contributed by atoms with Gasteiger partial charge in [-0.25, -0.2) is 0 Å². The topological polar surface area (TPSA) is 35.9 Å². The number of halogens is 1. The maximum Gasteiger partial charge on any atom is 0.0931 e. The number of hydrogen-bond acceptors (Lipinski definition) is 5. The van der Waals surface area contributed by atoms with Gasteiger partial charge in [-0.05, 0) is 24.0 Å². The lowest BCUT2D eigenvalue weighted by molar-refractivity contribution is 0.0264. The van der Waals surface area contributed by atoms with Gasteiger partial charge in [-0.2, -0.15) is 0 Å². The Kier molecular flexibility index (Phi) is 5.54. The first-order valence-corrected chi connectivity index (χ1v) is 8.81. The van der Waals surface area contributed by atoms with E-state index in [9.17, 15) is 5.11 Å². The van der Waals surface area contributed by atoms with E-state index in [0.717, 1.165) is 56.8 Å². The molecule has 3 heterocycles. The molecule has 0 saturated carbocycles. The molecule has 0 amide bonds. The standard InChI is InChI=1S/C15H23ClN2O2S/c16-15-2-1-14(21-15)10-18-8-12(13(9-18)11-19)7-17-3-5-20-6-4-17/h1-2,12-13,19H,3-11H2/t12-,13-/m0/s1. The average Bonchev–Trinajstić information content (AvgIpc) is 3.06. The molecule has 118 valence electrons. The quantitative estimate of drug-likeness (QED) is 0.892. The molecule has 2 atom stereocenters. The van der Waals surface area contributed by atoms with Crippen LogP contribution in [0.4, 0.5) is 0 Å². The number of thiophene rings is 1. The molecule has 0 aromatic carbocycles. The summed E-state index contributed by atoms with van der Waals surface area (Å²) >= 11 is 7.66. The summed E-state index contributed by atoms with van der Waals surface area (Å²) in [7, 11) is 0. The Labute approximate surface area is 135 Å². The Balaban J connectivity index is 1.54. The van der Waals surface area contributed by atoms with Crippen molar-refractivity contribution in [3.05, 3.63) is 21.3 Å². The van der Waals surface area contributed by atoms with E-state index in [0.29, 0.717) is 11.8 Å². The molecule has 0 aliphatic carbocycles. The molecule has 2 fully saturated rings. The highest BCUT2D eigenvalue weighted by atomic mass is 35.5. The molecule has 6 heteroatoms. The summed E-state index contributed by atoms with van der Waals surface area (Å²) in [6.45, 7) is 8.10. The highest BCUT2D eigenvalue weighted by molar-refractivity contribution is 7.16. The average molecular weight is 331 g/mol. The van der Waals surface area contributed by atoms with E-state index in [1.807, 2.05) is 6.07 Å². The SMILES string of the molecule is OC[C@@H]1CN(Cc2ccc(Cl)s2)C[C@@H]1CN1CCOCC1. The molecule has 21 heavy (non-hydrogen) atoms. The lowest BCUT2D eigenvalue weighted by Gasteiger charge is -2.30. The van der Waals surface area contributed by atoms with Crippen molar-refractivity contribution in [1.82, 2.24) is 9.80 Å². The maximum absolute atomic E-state index is 9.67. The van der Waals surface area contributed by atoms with Crippen LogP contribution in [0.15, 0.2) is 12.1 Å². The van der Waals surface area contributed by atoms with Crippen molar-refractivity contribution in [3.8, 4) is 0 Å². The van der Waals surface area contributed by atoms with Crippen molar-refractivity contribution < 1.29 is 9.84 Å². The first-order valence-electron chi connectivity index (χ1n) is 7.62. The smallest absolute Gasteiger partial charge is 0.0931 e. The van der Waals surface area contributed by atoms with Gasteiger partial charge in [0.1, 0.15) is 0 Å². The number of aliphatic hydroxyl groups is 1. The van der Waals surface area contributed by atoms with Crippen LogP contribution in [-0.4, -0.2) is 67.5 Å². The predicted molar refractivity (Wildman–Crippen MR) is 85.9 cm³/mol. The van der Waals surface area contributed by atoms with Gasteiger partial charge in [0.15, 0.2) is 0 Å². The molecule has 1 aromatic rings. The molecule has 0 spiro atoms. The number of nitrogens with zero attached hydrogens (tertiary/aromatic N) is 2. The molecule has 4 nitrogen and oxygen atoms in total. The molecule has 2 aliphatic heterocycles. The second kappa shape index (κ2) is 7.40. The van der Waals surface area contributed by atoms with Crippen LogP contribution in [0, 0.1) is 11.8 Å². The third-order valence-corrected chi connectivity index (χ3v) is 5.71. The zero-order valence-electron chi connectivity index (χ0n) is 12.2. The van der Waals surface area contributed by atoms with Gasteiger partial charge in [-0.1, -0.05) is 11.6 Å². The van der Waals surface area contributed by atoms with Crippen LogP contribution in [-0.2, 0) is 11.3 Å². The molecule has 0 bridgehead atoms. The van der Waals surface area contributed by atoms with Gasteiger partial charge < -0.3 is 9.84 Å². The van der Waals surface area contributed by atoms with Crippen molar-refractivity contribution in [2.45, 2.75) is 6.54 Å². The number of aliphatic hydroxyl groups excluding tert-OH is 1. The zero-order chi connectivity index (χ0) is 14.7. The summed E-state index contributed by atoms with van der Waals surface area (Å²) in [5.74, 6) is 0.951. The van der Waals surface area contributed by atoms with Crippen LogP contribution in [0.3, 0.4) is 0 Å². The van der Waals surface area contributed by atoms with Crippen molar-refractivity contribution in [2.24, 2.45) is 11.8 Å². The van der Waals surface area contributed by atoms with Gasteiger partial charge in [-0.15, -0.1) is 11.3 Å². The lowest BCUT2D eigenvalue weighted by Crippen LogP contribution is -2.41. The normalized spacial score (nSPS) is 28.3. The van der Waals surface area contributed by atoms with Crippen LogP contribution in [0.5, 0.6) is 0 Å². The highest BCUT2D eigenvalue weighted by Crippen LogP contribution is 2.28. The Hall–Kier alpha value is -0.170. The fourth-order valence-electron chi connectivity index (χ4n) is 3.35. The van der Waals surface area contributed by atoms with Gasteiger partial charge in [0.25, 0.3) is 0 Å². The van der Waals surface area contributed by atoms with E-state index in [-0.39, 0.29) is 6.61 Å². The number of morpholine rings is 1. The number of rotatable bonds is 5. The molecule has 3 rings (SSSR count). The summed E-state index contributed by atoms with van der Waals surface area (Å²) in [6.07, 6.45) is 0. The van der Waals surface area contributed by atoms with Crippen LogP contribution in [0.2, 0.25) is 4.34 Å². The first-order chi connectivity index (χ1) is 10.2. The second-order valence-corrected chi connectivity index (χ2v) is 7.82. The summed E-state index contributed by atoms with van der Waals surface area (Å²) in [5, 5.41) is 9.67. The first kappa shape index (κ1) is 15.7. The molecule has 1 aromatic heterocycles. The van der Waals surface area contributed by atoms with Gasteiger partial charge in [0.05, 0.1) is 17.6 Å². The Morgan fingerprint density at radius 3 is 2.62 bits per heavy atom. The molecular weight excluding hydrogens is 308 g/mol. The Morgan fingerprint density at radius 1 is 1.19 bits per heavy atom. The third-order valence-electron chi connectivity index (χ3n) is 4.49. The minimum absolute atomic E-state index is 0.288. The minimum Gasteiger partial charge on any atom is -0.396 e. The summed E-state index contributed by atoms with van der Waals surface area (Å²) in [5.41, 5.74) is 0. The summed E-state index contributed by atoms with van der Waals surface area (Å²) < 4.78 is 6.26. The van der Waals surface area contributed by atoms with E-state index < -0.39 is 0 Å². The molecular formula is C15H23ClN2O2S. The van der Waals surface area contributed by atoms with Crippen molar-refractivity contribution in [3.63, 3.8) is 0 Å². The monoisotopic (exact) mass is 330 g/mol. The Morgan fingerprint density at radius 2 is 1.95 bits per heavy atom. The maximum atomic E-state index is 9.67. The van der Waals surface area contributed by atoms with E-state index in [1.54, 1.807) is 11.3 Å². The second-order valence-electron chi connectivity index (χ2n) is 6.02. The van der Waals surface area contributed by atoms with Crippen LogP contribution < -0.4 is 0 Å². The van der Waals surface area contributed by atoms with E-state index >= 15 is 0 Å². The van der Waals surface area contributed by atoms with E-state index in [1.165, 1.54) is 4.88 Å². The fourth-order valence-corrected chi connectivity index (χ4v) is 4.48. The summed E-state index contributed by atoms with van der Waals surface area (Å²) in [4.78, 5) is 6.24. The van der Waals surface area contributed by atoms with Crippen LogP contribution in [0.25, 0.3) is 0 Å². The molecule has 1 N–H and O–H groups in total. The van der Waals surface area contributed by atoms with Crippen molar-refractivity contribution in [2.75, 3.05) is 52.5 Å². The summed E-state index contributed by atoms with van der Waals surface area (Å²) in [6, 6.07) is 4.07. The van der Waals surface area contributed by atoms with Crippen molar-refractivity contribution in [1.29, 1.82) is 0 Å². The predicted octanol–water partition coefficient (Wildman–Crippen LogP) is 1.77. The van der Waals surface area contributed by atoms with Gasteiger partial charge in [-0.3, -0.25) is 9.80 Å². The highest BCUT2D eigenvalue weighted by Gasteiger charge is 2.33. The van der Waals surface area contributed by atoms with E-state index in [4.69, 9.17) is 16.3 Å². The molecule has 2 aliphatic rings. The number of likely N-dealkylation sites (tertiary alicyclic amines) is 1. The van der Waals surface area contributed by atoms with Crippen LogP contribution in [0.1, 0.15) is 4.88 Å². The lowest BCUT2D eigenvalue weighted by atomic mass is 9.96. The van der Waals surface area contributed by atoms with Gasteiger partial charge in [0.2, 0.25) is 0 Å². The number of ether oxygens (including phenoxy) is 1. The molecule has 2 saturated heterocycles. The van der Waals surface area contributed by atoms with Gasteiger partial charge in [0, 0.05) is 50.8 Å². The minimum atomic E-state index is 0.288. The van der Waals surface area contributed by atoms with Crippen LogP contribution >= 0.6 is 22.9 Å². The third kappa shape index (κ3) is 4.18. The number of hydrogen-bond donors (Lipinski definition) is 1. The van der Waals surface area contributed by atoms with Gasteiger partial charge >= 0.3 is 0 Å². The largest absolute Gasteiger partial charge is 0.396 e. The van der Waals surface area contributed by atoms with E-state index in [2.05, 4.69) is 15.9 Å². The molecule has 0 radical (unpaired) electrons. The fraction of sp³-hybridized carbons (Fsp3) is 0.733. The van der Waals surface area contributed by atoms with Crippen molar-refractivity contribution >= 4 is 22.9 Å². The molecule has 0 unspecified atom stereocenters. The zero-order valence-corrected chi connectivity index (χ0v) is 13.8.